The van der Waals surface area contributed by atoms with E-state index in [0.717, 1.165) is 23.5 Å². The van der Waals surface area contributed by atoms with Gasteiger partial charge in [-0.3, -0.25) is 0 Å². The molecule has 2 rings (SSSR count). The second-order valence-corrected chi connectivity index (χ2v) is 7.96. The number of hydrogen-bond acceptors (Lipinski definition) is 5. The monoisotopic (exact) mass is 275 g/mol. The van der Waals surface area contributed by atoms with E-state index in [0.29, 0.717) is 18.6 Å². The van der Waals surface area contributed by atoms with E-state index in [2.05, 4.69) is 4.98 Å². The van der Waals surface area contributed by atoms with Crippen LogP contribution in [0, 0.1) is 0 Å². The van der Waals surface area contributed by atoms with Gasteiger partial charge in [-0.05, 0) is 19.8 Å². The van der Waals surface area contributed by atoms with Crippen LogP contribution >= 0.6 is 11.3 Å². The first-order valence-corrected chi connectivity index (χ1v) is 8.40. The number of rotatable bonds is 4. The molecule has 1 fully saturated rings. The average Bonchev–Trinajstić information content (AvgIpc) is 2.75. The van der Waals surface area contributed by atoms with Crippen molar-refractivity contribution in [1.29, 1.82) is 0 Å². The van der Waals surface area contributed by atoms with Crippen LogP contribution in [0.15, 0.2) is 5.38 Å². The molecule has 1 aliphatic rings. The molecule has 0 saturated carbocycles. The van der Waals surface area contributed by atoms with Gasteiger partial charge in [-0.2, -0.15) is 0 Å². The third-order valence-corrected chi connectivity index (χ3v) is 6.16. The number of thiazole rings is 1. The van der Waals surface area contributed by atoms with E-state index < -0.39 is 15.9 Å². The predicted molar refractivity (Wildman–Crippen MR) is 68.0 cm³/mol. The van der Waals surface area contributed by atoms with Crippen LogP contribution in [-0.4, -0.2) is 35.6 Å². The Labute approximate surface area is 106 Å². The minimum absolute atomic E-state index is 0.243. The highest BCUT2D eigenvalue weighted by molar-refractivity contribution is 7.92. The van der Waals surface area contributed by atoms with Crippen molar-refractivity contribution in [2.24, 2.45) is 0 Å². The molecule has 0 bridgehead atoms. The highest BCUT2D eigenvalue weighted by Crippen LogP contribution is 2.25. The van der Waals surface area contributed by atoms with Crippen LogP contribution in [0.4, 0.5) is 0 Å². The Kier molecular flexibility index (Phi) is 3.85. The van der Waals surface area contributed by atoms with E-state index in [-0.39, 0.29) is 5.25 Å². The standard InChI is InChI=1S/C11H17NO3S2/c1-8(13)5-9-7-16-11(12-9)6-10-3-2-4-17(10,14)15/h7-8,10,13H,2-6H2,1H3. The summed E-state index contributed by atoms with van der Waals surface area (Å²) < 4.78 is 23.4. The van der Waals surface area contributed by atoms with Gasteiger partial charge in [-0.1, -0.05) is 0 Å². The summed E-state index contributed by atoms with van der Waals surface area (Å²) >= 11 is 1.49. The summed E-state index contributed by atoms with van der Waals surface area (Å²) in [4.78, 5) is 4.37. The molecule has 2 heterocycles. The number of nitrogens with zero attached hydrogens (tertiary/aromatic N) is 1. The summed E-state index contributed by atoms with van der Waals surface area (Å²) in [7, 11) is -2.88. The van der Waals surface area contributed by atoms with Gasteiger partial charge in [-0.15, -0.1) is 11.3 Å². The Morgan fingerprint density at radius 1 is 1.65 bits per heavy atom. The van der Waals surface area contributed by atoms with Gasteiger partial charge in [0.1, 0.15) is 0 Å². The molecule has 96 valence electrons. The smallest absolute Gasteiger partial charge is 0.153 e. The maximum absolute atomic E-state index is 11.7. The van der Waals surface area contributed by atoms with Crippen LogP contribution in [0.2, 0.25) is 0 Å². The Hall–Kier alpha value is -0.460. The number of sulfone groups is 1. The van der Waals surface area contributed by atoms with E-state index >= 15 is 0 Å². The minimum atomic E-state index is -2.88. The molecule has 1 aliphatic heterocycles. The van der Waals surface area contributed by atoms with Crippen LogP contribution < -0.4 is 0 Å². The fourth-order valence-corrected chi connectivity index (χ4v) is 4.96. The third-order valence-electron chi connectivity index (χ3n) is 2.97. The number of aliphatic hydroxyl groups excluding tert-OH is 1. The lowest BCUT2D eigenvalue weighted by atomic mass is 10.2. The maximum atomic E-state index is 11.7. The maximum Gasteiger partial charge on any atom is 0.153 e. The highest BCUT2D eigenvalue weighted by Gasteiger charge is 2.31. The summed E-state index contributed by atoms with van der Waals surface area (Å²) in [6.45, 7) is 1.72. The van der Waals surface area contributed by atoms with Gasteiger partial charge in [0, 0.05) is 18.2 Å². The molecule has 4 nitrogen and oxygen atoms in total. The molecule has 1 aromatic heterocycles. The van der Waals surface area contributed by atoms with Crippen molar-refractivity contribution in [3.8, 4) is 0 Å². The van der Waals surface area contributed by atoms with Gasteiger partial charge in [0.25, 0.3) is 0 Å². The molecule has 0 aliphatic carbocycles. The first-order chi connectivity index (χ1) is 7.97. The van der Waals surface area contributed by atoms with Crippen LogP contribution in [-0.2, 0) is 22.7 Å². The lowest BCUT2D eigenvalue weighted by Crippen LogP contribution is -2.18. The first kappa shape index (κ1) is 13.0. The normalized spacial score (nSPS) is 24.9. The van der Waals surface area contributed by atoms with E-state index in [1.807, 2.05) is 5.38 Å². The summed E-state index contributed by atoms with van der Waals surface area (Å²) in [6.07, 6.45) is 2.20. The zero-order valence-electron chi connectivity index (χ0n) is 9.80. The summed E-state index contributed by atoms with van der Waals surface area (Å²) in [5, 5.41) is 11.8. The molecule has 1 aromatic rings. The Morgan fingerprint density at radius 2 is 2.41 bits per heavy atom. The molecule has 2 unspecified atom stereocenters. The second-order valence-electron chi connectivity index (χ2n) is 4.62. The van der Waals surface area contributed by atoms with Gasteiger partial charge in [0.2, 0.25) is 0 Å². The fraction of sp³-hybridized carbons (Fsp3) is 0.727. The van der Waals surface area contributed by atoms with E-state index in [1.54, 1.807) is 6.92 Å². The molecule has 0 aromatic carbocycles. The minimum Gasteiger partial charge on any atom is -0.393 e. The van der Waals surface area contributed by atoms with E-state index in [4.69, 9.17) is 0 Å². The quantitative estimate of drug-likeness (QED) is 0.896. The van der Waals surface area contributed by atoms with Crippen LogP contribution in [0.5, 0.6) is 0 Å². The van der Waals surface area contributed by atoms with E-state index in [9.17, 15) is 13.5 Å². The zero-order valence-corrected chi connectivity index (χ0v) is 11.4. The Morgan fingerprint density at radius 3 is 3.00 bits per heavy atom. The van der Waals surface area contributed by atoms with Gasteiger partial charge >= 0.3 is 0 Å². The number of hydrogen-bond donors (Lipinski definition) is 1. The summed E-state index contributed by atoms with van der Waals surface area (Å²) in [5.74, 6) is 0.323. The van der Waals surface area contributed by atoms with Gasteiger partial charge in [0.05, 0.1) is 27.8 Å². The zero-order chi connectivity index (χ0) is 12.5. The summed E-state index contributed by atoms with van der Waals surface area (Å²) in [6, 6.07) is 0. The van der Waals surface area contributed by atoms with Crippen molar-refractivity contribution in [2.45, 2.75) is 44.0 Å². The predicted octanol–water partition coefficient (Wildman–Crippen LogP) is 1.19. The van der Waals surface area contributed by atoms with Crippen molar-refractivity contribution in [3.05, 3.63) is 16.1 Å². The van der Waals surface area contributed by atoms with Crippen molar-refractivity contribution in [2.75, 3.05) is 5.75 Å². The SMILES string of the molecule is CC(O)Cc1csc(CC2CCCS2(=O)=O)n1. The third kappa shape index (κ3) is 3.26. The molecular weight excluding hydrogens is 258 g/mol. The highest BCUT2D eigenvalue weighted by atomic mass is 32.2. The van der Waals surface area contributed by atoms with Crippen LogP contribution in [0.25, 0.3) is 0 Å². The topological polar surface area (TPSA) is 67.3 Å². The number of aromatic nitrogens is 1. The fourth-order valence-electron chi connectivity index (χ4n) is 2.12. The van der Waals surface area contributed by atoms with Crippen molar-refractivity contribution in [1.82, 2.24) is 4.98 Å². The van der Waals surface area contributed by atoms with Crippen molar-refractivity contribution < 1.29 is 13.5 Å². The van der Waals surface area contributed by atoms with E-state index in [1.165, 1.54) is 11.3 Å². The largest absolute Gasteiger partial charge is 0.393 e. The molecule has 0 amide bonds. The molecule has 0 radical (unpaired) electrons. The van der Waals surface area contributed by atoms with Crippen molar-refractivity contribution >= 4 is 21.2 Å². The van der Waals surface area contributed by atoms with Crippen LogP contribution in [0.3, 0.4) is 0 Å². The lowest BCUT2D eigenvalue weighted by Gasteiger charge is -2.06. The lowest BCUT2D eigenvalue weighted by molar-refractivity contribution is 0.194. The molecule has 2 atom stereocenters. The molecule has 0 spiro atoms. The number of aliphatic hydroxyl groups is 1. The molecule has 1 saturated heterocycles. The second kappa shape index (κ2) is 5.04. The molecule has 17 heavy (non-hydrogen) atoms. The molecular formula is C11H17NO3S2. The van der Waals surface area contributed by atoms with Gasteiger partial charge in [0.15, 0.2) is 9.84 Å². The van der Waals surface area contributed by atoms with Crippen molar-refractivity contribution in [3.63, 3.8) is 0 Å². The van der Waals surface area contributed by atoms with Gasteiger partial charge < -0.3 is 5.11 Å². The molecule has 1 N–H and O–H groups in total. The van der Waals surface area contributed by atoms with Gasteiger partial charge in [-0.25, -0.2) is 13.4 Å². The van der Waals surface area contributed by atoms with Crippen LogP contribution in [0.1, 0.15) is 30.5 Å². The Balaban J connectivity index is 2.02. The first-order valence-electron chi connectivity index (χ1n) is 5.80. The summed E-state index contributed by atoms with van der Waals surface area (Å²) in [5.41, 5.74) is 0.857. The molecule has 6 heteroatoms. The Bertz CT molecular complexity index is 479. The average molecular weight is 275 g/mol.